The zero-order valence-corrected chi connectivity index (χ0v) is 12.3. The van der Waals surface area contributed by atoms with Crippen molar-refractivity contribution in [2.45, 2.75) is 6.92 Å². The molecule has 0 atom stereocenters. The lowest BCUT2D eigenvalue weighted by Gasteiger charge is -2.07. The zero-order valence-electron chi connectivity index (χ0n) is 9.85. The number of sulfone groups is 1. The van der Waals surface area contributed by atoms with Crippen LogP contribution in [0.1, 0.15) is 17.3 Å². The molecule has 2 N–H and O–H groups in total. The molecular formula is C11H14BrNO4S. The van der Waals surface area contributed by atoms with Gasteiger partial charge in [-0.2, -0.15) is 0 Å². The number of hydrogen-bond acceptors (Lipinski definition) is 5. The molecular weight excluding hydrogens is 322 g/mol. The molecule has 5 nitrogen and oxygen atoms in total. The predicted molar refractivity (Wildman–Crippen MR) is 73.2 cm³/mol. The predicted octanol–water partition coefficient (Wildman–Crippen LogP) is 1.62. The summed E-state index contributed by atoms with van der Waals surface area (Å²) in [5.41, 5.74) is 6.33. The van der Waals surface area contributed by atoms with Crippen molar-refractivity contribution in [2.24, 2.45) is 0 Å². The fourth-order valence-corrected chi connectivity index (χ4v) is 2.24. The Morgan fingerprint density at radius 3 is 2.72 bits per heavy atom. The highest BCUT2D eigenvalue weighted by molar-refractivity contribution is 9.10. The number of hydrogen-bond donors (Lipinski definition) is 1. The summed E-state index contributed by atoms with van der Waals surface area (Å²) in [7, 11) is -3.13. The second-order valence-corrected chi connectivity index (χ2v) is 6.85. The van der Waals surface area contributed by atoms with Crippen LogP contribution in [0.3, 0.4) is 0 Å². The van der Waals surface area contributed by atoms with E-state index < -0.39 is 15.8 Å². The Kier molecular flexibility index (Phi) is 5.15. The molecule has 18 heavy (non-hydrogen) atoms. The topological polar surface area (TPSA) is 86.5 Å². The van der Waals surface area contributed by atoms with Crippen molar-refractivity contribution in [1.29, 1.82) is 0 Å². The third-order valence-corrected chi connectivity index (χ3v) is 4.87. The summed E-state index contributed by atoms with van der Waals surface area (Å²) in [6.45, 7) is 1.39. The number of rotatable bonds is 5. The smallest absolute Gasteiger partial charge is 0.339 e. The number of carbonyl (C=O) groups excluding carboxylic acids is 1. The van der Waals surface area contributed by atoms with Gasteiger partial charge in [-0.25, -0.2) is 13.2 Å². The van der Waals surface area contributed by atoms with Gasteiger partial charge in [0.2, 0.25) is 0 Å². The Labute approximate surface area is 114 Å². The maximum atomic E-state index is 11.7. The van der Waals surface area contributed by atoms with Crippen molar-refractivity contribution in [2.75, 3.05) is 23.8 Å². The number of ether oxygens (including phenoxy) is 1. The highest BCUT2D eigenvalue weighted by Gasteiger charge is 2.14. The maximum Gasteiger partial charge on any atom is 0.339 e. The van der Waals surface area contributed by atoms with Crippen LogP contribution < -0.4 is 5.73 Å². The molecule has 1 rings (SSSR count). The van der Waals surface area contributed by atoms with Gasteiger partial charge in [-0.15, -0.1) is 0 Å². The molecule has 0 saturated heterocycles. The van der Waals surface area contributed by atoms with Crippen molar-refractivity contribution in [3.63, 3.8) is 0 Å². The molecule has 0 aliphatic heterocycles. The van der Waals surface area contributed by atoms with E-state index in [0.29, 0.717) is 10.2 Å². The van der Waals surface area contributed by atoms with Gasteiger partial charge in [-0.3, -0.25) is 0 Å². The molecule has 0 unspecified atom stereocenters. The van der Waals surface area contributed by atoms with Crippen molar-refractivity contribution < 1.29 is 17.9 Å². The van der Waals surface area contributed by atoms with E-state index in [1.54, 1.807) is 25.1 Å². The Bertz CT molecular complexity index is 542. The number of anilines is 1. The molecule has 0 aliphatic carbocycles. The third kappa shape index (κ3) is 3.99. The van der Waals surface area contributed by atoms with E-state index in [4.69, 9.17) is 10.5 Å². The average molecular weight is 336 g/mol. The zero-order chi connectivity index (χ0) is 13.8. The van der Waals surface area contributed by atoms with Crippen LogP contribution in [-0.4, -0.2) is 32.5 Å². The van der Waals surface area contributed by atoms with Crippen LogP contribution in [0, 0.1) is 0 Å². The highest BCUT2D eigenvalue weighted by Crippen LogP contribution is 2.24. The molecule has 7 heteroatoms. The summed E-state index contributed by atoms with van der Waals surface area (Å²) in [5, 5.41) is 0. The average Bonchev–Trinajstić information content (AvgIpc) is 2.32. The van der Waals surface area contributed by atoms with Crippen molar-refractivity contribution in [1.82, 2.24) is 0 Å². The molecule has 1 aromatic carbocycles. The van der Waals surface area contributed by atoms with Crippen molar-refractivity contribution in [3.8, 4) is 0 Å². The van der Waals surface area contributed by atoms with Gasteiger partial charge in [0.15, 0.2) is 9.84 Å². The number of benzene rings is 1. The Balaban J connectivity index is 2.64. The first-order valence-electron chi connectivity index (χ1n) is 5.29. The Morgan fingerprint density at radius 1 is 1.44 bits per heavy atom. The molecule has 0 spiro atoms. The molecule has 0 amide bonds. The molecule has 0 saturated carbocycles. The van der Waals surface area contributed by atoms with E-state index in [1.807, 2.05) is 0 Å². The van der Waals surface area contributed by atoms with Crippen LogP contribution in [0.2, 0.25) is 0 Å². The fraction of sp³-hybridized carbons (Fsp3) is 0.364. The standard InChI is InChI=1S/C11H14BrNO4S/c1-2-18(15,16)7-6-17-11(14)8-4-3-5-9(13)10(8)12/h3-5H,2,6-7,13H2,1H3. The van der Waals surface area contributed by atoms with Gasteiger partial charge in [0, 0.05) is 11.4 Å². The van der Waals surface area contributed by atoms with E-state index in [9.17, 15) is 13.2 Å². The Hall–Kier alpha value is -1.08. The van der Waals surface area contributed by atoms with Gasteiger partial charge >= 0.3 is 5.97 Å². The minimum atomic E-state index is -3.13. The summed E-state index contributed by atoms with van der Waals surface area (Å²) in [6, 6.07) is 4.82. The second-order valence-electron chi connectivity index (χ2n) is 3.58. The third-order valence-electron chi connectivity index (χ3n) is 2.32. The first-order chi connectivity index (χ1) is 8.37. The largest absolute Gasteiger partial charge is 0.461 e. The van der Waals surface area contributed by atoms with Gasteiger partial charge < -0.3 is 10.5 Å². The van der Waals surface area contributed by atoms with Crippen LogP contribution >= 0.6 is 15.9 Å². The van der Waals surface area contributed by atoms with Crippen molar-refractivity contribution >= 4 is 37.4 Å². The van der Waals surface area contributed by atoms with Crippen molar-refractivity contribution in [3.05, 3.63) is 28.2 Å². The van der Waals surface area contributed by atoms with E-state index in [2.05, 4.69) is 15.9 Å². The molecule has 0 heterocycles. The molecule has 0 aliphatic rings. The lowest BCUT2D eigenvalue weighted by atomic mass is 10.2. The molecule has 1 aromatic rings. The van der Waals surface area contributed by atoms with Crippen LogP contribution in [-0.2, 0) is 14.6 Å². The molecule has 0 aromatic heterocycles. The molecule has 100 valence electrons. The normalized spacial score (nSPS) is 11.2. The van der Waals surface area contributed by atoms with E-state index in [1.165, 1.54) is 0 Å². The first-order valence-corrected chi connectivity index (χ1v) is 7.90. The minimum Gasteiger partial charge on any atom is -0.461 e. The van der Waals surface area contributed by atoms with Gasteiger partial charge in [-0.1, -0.05) is 13.0 Å². The SMILES string of the molecule is CCS(=O)(=O)CCOC(=O)c1cccc(N)c1Br. The quantitative estimate of drug-likeness (QED) is 0.652. The van der Waals surface area contributed by atoms with Gasteiger partial charge in [0.25, 0.3) is 0 Å². The number of nitrogen functional groups attached to an aromatic ring is 1. The summed E-state index contributed by atoms with van der Waals surface area (Å²) in [5.74, 6) is -0.734. The number of nitrogens with two attached hydrogens (primary N) is 1. The molecule has 0 radical (unpaired) electrons. The molecule has 0 bridgehead atoms. The summed E-state index contributed by atoms with van der Waals surface area (Å²) in [6.07, 6.45) is 0. The first kappa shape index (κ1) is 15.0. The summed E-state index contributed by atoms with van der Waals surface area (Å²) >= 11 is 3.18. The van der Waals surface area contributed by atoms with Crippen LogP contribution in [0.25, 0.3) is 0 Å². The number of esters is 1. The van der Waals surface area contributed by atoms with Gasteiger partial charge in [0.1, 0.15) is 6.61 Å². The Morgan fingerprint density at radius 2 is 2.11 bits per heavy atom. The monoisotopic (exact) mass is 335 g/mol. The van der Waals surface area contributed by atoms with Crippen LogP contribution in [0.4, 0.5) is 5.69 Å². The summed E-state index contributed by atoms with van der Waals surface area (Å²) in [4.78, 5) is 11.7. The number of carbonyl (C=O) groups is 1. The minimum absolute atomic E-state index is 0.0343. The maximum absolute atomic E-state index is 11.7. The lowest BCUT2D eigenvalue weighted by Crippen LogP contribution is -2.17. The lowest BCUT2D eigenvalue weighted by molar-refractivity contribution is 0.0528. The van der Waals surface area contributed by atoms with Crippen LogP contribution in [0.5, 0.6) is 0 Å². The van der Waals surface area contributed by atoms with E-state index in [-0.39, 0.29) is 23.7 Å². The van der Waals surface area contributed by atoms with E-state index >= 15 is 0 Å². The summed E-state index contributed by atoms with van der Waals surface area (Å²) < 4.78 is 27.8. The number of halogens is 1. The van der Waals surface area contributed by atoms with Gasteiger partial charge in [0.05, 0.1) is 15.8 Å². The fourth-order valence-electron chi connectivity index (χ4n) is 1.19. The second kappa shape index (κ2) is 6.19. The van der Waals surface area contributed by atoms with E-state index in [0.717, 1.165) is 0 Å². The van der Waals surface area contributed by atoms with Gasteiger partial charge in [-0.05, 0) is 28.1 Å². The molecule has 0 fully saturated rings. The highest BCUT2D eigenvalue weighted by atomic mass is 79.9. The van der Waals surface area contributed by atoms with Crippen LogP contribution in [0.15, 0.2) is 22.7 Å².